The molecule has 1 heterocycles. The topological polar surface area (TPSA) is 118 Å². The van der Waals surface area contributed by atoms with Crippen molar-refractivity contribution in [2.75, 3.05) is 0 Å². The molecule has 7 rings (SSSR count). The number of carbonyl (C=O) groups is 4. The second-order valence-corrected chi connectivity index (χ2v) is 16.9. The Morgan fingerprint density at radius 1 is 0.482 bits per heavy atom. The van der Waals surface area contributed by atoms with Crippen LogP contribution in [0.5, 0.6) is 0 Å². The summed E-state index contributed by atoms with van der Waals surface area (Å²) in [7, 11) is 0. The van der Waals surface area contributed by atoms with Crippen LogP contribution in [0.15, 0.2) is 54.9 Å². The minimum Gasteiger partial charge on any atom is -0.462 e. The average Bonchev–Trinajstić information content (AvgIpc) is 3.24. The highest BCUT2D eigenvalue weighted by molar-refractivity contribution is 6.12. The van der Waals surface area contributed by atoms with Gasteiger partial charge in [0.2, 0.25) is 0 Å². The summed E-state index contributed by atoms with van der Waals surface area (Å²) in [5.74, 6) is 0.450. The van der Waals surface area contributed by atoms with Crippen molar-refractivity contribution in [3.8, 4) is 11.1 Å². The zero-order valence-corrected chi connectivity index (χ0v) is 33.3. The van der Waals surface area contributed by atoms with Crippen LogP contribution in [-0.2, 0) is 28.5 Å². The summed E-state index contributed by atoms with van der Waals surface area (Å²) in [5, 5.41) is 1.23. The Bertz CT molecular complexity index is 1810. The van der Waals surface area contributed by atoms with E-state index in [2.05, 4.69) is 18.8 Å². The van der Waals surface area contributed by atoms with Crippen LogP contribution >= 0.6 is 0 Å². The first kappa shape index (κ1) is 39.9. The molecule has 2 aromatic carbocycles. The molecule has 0 saturated heterocycles. The number of fused-ring (bicyclic) bond motifs is 1. The van der Waals surface area contributed by atoms with Crippen LogP contribution in [0.25, 0.3) is 21.9 Å². The van der Waals surface area contributed by atoms with Crippen molar-refractivity contribution < 1.29 is 38.1 Å². The number of rotatable bonds is 11. The number of pyridine rings is 1. The van der Waals surface area contributed by atoms with Crippen LogP contribution in [0.4, 0.5) is 0 Å². The van der Waals surface area contributed by atoms with Crippen LogP contribution < -0.4 is 0 Å². The van der Waals surface area contributed by atoms with E-state index < -0.39 is 11.9 Å². The second kappa shape index (κ2) is 18.8. The fourth-order valence-electron chi connectivity index (χ4n) is 9.53. The monoisotopic (exact) mass is 765 g/mol. The molecular weight excluding hydrogens is 707 g/mol. The number of hydrogen-bond donors (Lipinski definition) is 0. The number of esters is 4. The summed E-state index contributed by atoms with van der Waals surface area (Å²) < 4.78 is 24.0. The number of ether oxygens (including phenoxy) is 4. The third-order valence-electron chi connectivity index (χ3n) is 13.3. The van der Waals surface area contributed by atoms with Crippen molar-refractivity contribution in [3.63, 3.8) is 0 Å². The van der Waals surface area contributed by atoms with Crippen LogP contribution in [-0.4, -0.2) is 53.3 Å². The van der Waals surface area contributed by atoms with E-state index in [1.165, 1.54) is 12.8 Å². The lowest BCUT2D eigenvalue weighted by Gasteiger charge is -2.31. The fourth-order valence-corrected chi connectivity index (χ4v) is 9.53. The summed E-state index contributed by atoms with van der Waals surface area (Å²) in [6.45, 7) is 4.44. The number of hydrogen-bond acceptors (Lipinski definition) is 9. The van der Waals surface area contributed by atoms with Gasteiger partial charge in [0.25, 0.3) is 0 Å². The van der Waals surface area contributed by atoms with Gasteiger partial charge < -0.3 is 18.9 Å². The summed E-state index contributed by atoms with van der Waals surface area (Å²) in [6.07, 6.45) is 18.2. The first-order valence-corrected chi connectivity index (χ1v) is 21.6. The lowest BCUT2D eigenvalue weighted by atomic mass is 9.81. The third kappa shape index (κ3) is 9.81. The van der Waals surface area contributed by atoms with Crippen molar-refractivity contribution >= 4 is 34.6 Å². The summed E-state index contributed by atoms with van der Waals surface area (Å²) in [6, 6.07) is 12.9. The highest BCUT2D eigenvalue weighted by atomic mass is 16.6. The van der Waals surface area contributed by atoms with Gasteiger partial charge in [-0.05, 0) is 167 Å². The molecule has 0 amide bonds. The quantitative estimate of drug-likeness (QED) is 0.139. The maximum atomic E-state index is 13.9. The molecule has 0 spiro atoms. The normalized spacial score (nSPS) is 28.2. The zero-order chi connectivity index (χ0) is 39.0. The fraction of sp³-hybridized carbons (Fsp3) is 0.596. The van der Waals surface area contributed by atoms with E-state index >= 15 is 0 Å². The van der Waals surface area contributed by atoms with Crippen LogP contribution in [0.1, 0.15) is 150 Å². The van der Waals surface area contributed by atoms with Gasteiger partial charge in [0.1, 0.15) is 24.4 Å². The Labute approximate surface area is 331 Å². The average molecular weight is 766 g/mol. The molecule has 0 N–H and O–H groups in total. The van der Waals surface area contributed by atoms with Gasteiger partial charge in [0.05, 0.1) is 23.0 Å². The van der Waals surface area contributed by atoms with Gasteiger partial charge in [-0.25, -0.2) is 9.59 Å². The van der Waals surface area contributed by atoms with Gasteiger partial charge in [-0.3, -0.25) is 14.6 Å². The first-order valence-electron chi connectivity index (χ1n) is 21.6. The largest absolute Gasteiger partial charge is 0.462 e. The van der Waals surface area contributed by atoms with Crippen molar-refractivity contribution in [1.29, 1.82) is 0 Å². The molecule has 1 aromatic heterocycles. The molecular formula is C47H59NO8. The molecule has 4 aliphatic rings. The van der Waals surface area contributed by atoms with E-state index in [9.17, 15) is 19.2 Å². The zero-order valence-electron chi connectivity index (χ0n) is 33.3. The molecule has 0 unspecified atom stereocenters. The molecule has 0 radical (unpaired) electrons. The predicted molar refractivity (Wildman–Crippen MR) is 214 cm³/mol. The lowest BCUT2D eigenvalue weighted by Crippen LogP contribution is -2.32. The number of nitrogens with zero attached hydrogens (tertiary/aromatic N) is 1. The van der Waals surface area contributed by atoms with Crippen LogP contribution in [0.3, 0.4) is 0 Å². The maximum absolute atomic E-state index is 13.9. The second-order valence-electron chi connectivity index (χ2n) is 16.9. The van der Waals surface area contributed by atoms with E-state index in [4.69, 9.17) is 18.9 Å². The van der Waals surface area contributed by atoms with Gasteiger partial charge >= 0.3 is 23.9 Å². The molecule has 0 aliphatic heterocycles. The Morgan fingerprint density at radius 3 is 1.32 bits per heavy atom. The first-order chi connectivity index (χ1) is 27.3. The SMILES string of the molecule is CCC1CCC(C(=O)O[C@H]2CC[C@H](OC(=O)c3ccc(C(=O)O[C@H]4CC[C@H](OC(=O)C5CCC(CC)CC5)CC4)c4cc(-c5ccncc5)ccc34)CC2)CC1. The van der Waals surface area contributed by atoms with E-state index in [1.807, 2.05) is 30.3 Å². The van der Waals surface area contributed by atoms with Gasteiger partial charge in [-0.1, -0.05) is 38.8 Å². The van der Waals surface area contributed by atoms with Crippen LogP contribution in [0.2, 0.25) is 0 Å². The predicted octanol–water partition coefficient (Wildman–Crippen LogP) is 10.4. The van der Waals surface area contributed by atoms with Crippen molar-refractivity contribution in [1.82, 2.24) is 4.98 Å². The molecule has 300 valence electrons. The highest BCUT2D eigenvalue weighted by Gasteiger charge is 2.34. The van der Waals surface area contributed by atoms with E-state index in [-0.39, 0.29) is 48.2 Å². The molecule has 9 heteroatoms. The number of carbonyl (C=O) groups excluding carboxylic acids is 4. The van der Waals surface area contributed by atoms with Crippen molar-refractivity contribution in [2.24, 2.45) is 23.7 Å². The third-order valence-corrected chi connectivity index (χ3v) is 13.3. The summed E-state index contributed by atoms with van der Waals surface area (Å²) in [4.78, 5) is 57.6. The Hall–Kier alpha value is -4.27. The van der Waals surface area contributed by atoms with Gasteiger partial charge in [-0.15, -0.1) is 0 Å². The molecule has 9 nitrogen and oxygen atoms in total. The van der Waals surface area contributed by atoms with Crippen molar-refractivity contribution in [2.45, 2.75) is 154 Å². The summed E-state index contributed by atoms with van der Waals surface area (Å²) >= 11 is 0. The molecule has 0 bridgehead atoms. The van der Waals surface area contributed by atoms with E-state index in [0.29, 0.717) is 73.3 Å². The molecule has 4 fully saturated rings. The standard InChI is InChI=1S/C47H59NO8/c1-3-30-5-9-33(10-6-30)44(49)53-36-14-18-38(19-15-36)55-46(51)41-23-24-42(43-29-35(13-22-40(41)43)32-25-27-48-28-26-32)47(52)56-39-20-16-37(17-21-39)54-45(50)34-11-7-31(4-2)8-12-34/h13,22-31,33-34,36-39H,3-12,14-21H2,1-2H3/t30?,31?,33?,34?,36-,37-,38-,39-. The summed E-state index contributed by atoms with van der Waals surface area (Å²) in [5.41, 5.74) is 2.59. The molecule has 3 aromatic rings. The molecule has 56 heavy (non-hydrogen) atoms. The van der Waals surface area contributed by atoms with Crippen molar-refractivity contribution in [3.05, 3.63) is 66.0 Å². The molecule has 4 saturated carbocycles. The molecule has 4 aliphatic carbocycles. The smallest absolute Gasteiger partial charge is 0.339 e. The number of benzene rings is 2. The Kier molecular flexibility index (Phi) is 13.4. The Morgan fingerprint density at radius 2 is 0.893 bits per heavy atom. The van der Waals surface area contributed by atoms with Gasteiger partial charge in [-0.2, -0.15) is 0 Å². The van der Waals surface area contributed by atoms with Gasteiger partial charge in [0, 0.05) is 12.4 Å². The Balaban J connectivity index is 0.971. The van der Waals surface area contributed by atoms with Gasteiger partial charge in [0.15, 0.2) is 0 Å². The van der Waals surface area contributed by atoms with E-state index in [0.717, 1.165) is 74.3 Å². The lowest BCUT2D eigenvalue weighted by molar-refractivity contribution is -0.159. The number of aromatic nitrogens is 1. The van der Waals surface area contributed by atoms with Crippen LogP contribution in [0, 0.1) is 23.7 Å². The van der Waals surface area contributed by atoms with E-state index in [1.54, 1.807) is 24.5 Å². The minimum absolute atomic E-state index is 0.00483. The molecule has 0 atom stereocenters. The maximum Gasteiger partial charge on any atom is 0.339 e. The minimum atomic E-state index is -0.443. The highest BCUT2D eigenvalue weighted by Crippen LogP contribution is 2.36.